The van der Waals surface area contributed by atoms with Crippen LogP contribution in [0.3, 0.4) is 0 Å². The minimum atomic E-state index is -0.301. The van der Waals surface area contributed by atoms with Crippen molar-refractivity contribution in [1.29, 1.82) is 0 Å². The third-order valence-electron chi connectivity index (χ3n) is 3.94. The lowest BCUT2D eigenvalue weighted by molar-refractivity contribution is 0.0589. The van der Waals surface area contributed by atoms with Crippen LogP contribution in [0, 0.1) is 6.92 Å². The molecule has 1 atom stereocenters. The van der Waals surface area contributed by atoms with Crippen LogP contribution in [0.25, 0.3) is 11.5 Å². The molecule has 0 aromatic carbocycles. The summed E-state index contributed by atoms with van der Waals surface area (Å²) in [5.41, 5.74) is 1.73. The van der Waals surface area contributed by atoms with Crippen LogP contribution in [0.5, 0.6) is 0 Å². The Morgan fingerprint density at radius 3 is 2.84 bits per heavy atom. The number of methoxy groups -OCH3 is 1. The number of likely N-dealkylation sites (N-methyl/N-ethyl adjacent to an activating group) is 1. The van der Waals surface area contributed by atoms with Gasteiger partial charge in [0.05, 0.1) is 18.3 Å². The van der Waals surface area contributed by atoms with Gasteiger partial charge >= 0.3 is 0 Å². The van der Waals surface area contributed by atoms with Gasteiger partial charge < -0.3 is 14.1 Å². The molecule has 3 aromatic heterocycles. The fourth-order valence-electron chi connectivity index (χ4n) is 2.59. The van der Waals surface area contributed by atoms with Gasteiger partial charge in [0, 0.05) is 26.4 Å². The van der Waals surface area contributed by atoms with Crippen LogP contribution in [0.2, 0.25) is 0 Å². The van der Waals surface area contributed by atoms with E-state index in [1.807, 2.05) is 37.3 Å². The summed E-state index contributed by atoms with van der Waals surface area (Å²) in [4.78, 5) is 18.7. The molecule has 3 aromatic rings. The van der Waals surface area contributed by atoms with E-state index in [1.165, 1.54) is 0 Å². The maximum Gasteiger partial charge on any atom is 0.274 e. The van der Waals surface area contributed by atoms with E-state index in [0.29, 0.717) is 23.8 Å². The van der Waals surface area contributed by atoms with Crippen LogP contribution in [0.1, 0.15) is 28.0 Å². The van der Waals surface area contributed by atoms with Gasteiger partial charge in [-0.2, -0.15) is 5.10 Å². The van der Waals surface area contributed by atoms with E-state index in [9.17, 15) is 4.79 Å². The lowest BCUT2D eigenvalue weighted by Gasteiger charge is -2.26. The van der Waals surface area contributed by atoms with Gasteiger partial charge in [0.1, 0.15) is 11.5 Å². The first kappa shape index (κ1) is 16.9. The standard InChI is InChI=1S/C18H20N4O3/c1-12-7-8-17(25-12)14-10-15(21-20-14)18(23)22(2)16(11-24-3)13-6-4-5-9-19-13/h4-10,16H,11H2,1-3H3,(H,20,21)/t16-/m1/s1. The van der Waals surface area contributed by atoms with Crippen molar-refractivity contribution in [3.05, 3.63) is 59.7 Å². The van der Waals surface area contributed by atoms with Crippen LogP contribution >= 0.6 is 0 Å². The van der Waals surface area contributed by atoms with Crippen molar-refractivity contribution in [3.8, 4) is 11.5 Å². The number of ether oxygens (including phenoxy) is 1. The number of nitrogens with one attached hydrogen (secondary N) is 1. The Morgan fingerprint density at radius 1 is 1.36 bits per heavy atom. The Labute approximate surface area is 145 Å². The fraction of sp³-hybridized carbons (Fsp3) is 0.278. The number of carbonyl (C=O) groups excluding carboxylic acids is 1. The zero-order valence-electron chi connectivity index (χ0n) is 14.4. The Kier molecular flexibility index (Phi) is 4.95. The second kappa shape index (κ2) is 7.31. The summed E-state index contributed by atoms with van der Waals surface area (Å²) in [5.74, 6) is 1.22. The number of hydrogen-bond acceptors (Lipinski definition) is 5. The molecule has 3 rings (SSSR count). The molecule has 7 nitrogen and oxygen atoms in total. The molecular weight excluding hydrogens is 320 g/mol. The molecule has 0 radical (unpaired) electrons. The highest BCUT2D eigenvalue weighted by Crippen LogP contribution is 2.23. The van der Waals surface area contributed by atoms with Crippen LogP contribution < -0.4 is 0 Å². The minimum Gasteiger partial charge on any atom is -0.460 e. The van der Waals surface area contributed by atoms with Gasteiger partial charge in [0.15, 0.2) is 11.5 Å². The van der Waals surface area contributed by atoms with Crippen molar-refractivity contribution >= 4 is 5.91 Å². The predicted molar refractivity (Wildman–Crippen MR) is 92.0 cm³/mol. The van der Waals surface area contributed by atoms with Gasteiger partial charge in [0.2, 0.25) is 0 Å². The fourth-order valence-corrected chi connectivity index (χ4v) is 2.59. The third kappa shape index (κ3) is 3.61. The number of aromatic amines is 1. The number of aryl methyl sites for hydroxylation is 1. The molecule has 0 fully saturated rings. The number of amides is 1. The maximum atomic E-state index is 12.8. The Bertz CT molecular complexity index is 841. The summed E-state index contributed by atoms with van der Waals surface area (Å²) >= 11 is 0. The Balaban J connectivity index is 1.82. The average Bonchev–Trinajstić information content (AvgIpc) is 3.28. The number of aromatic nitrogens is 3. The second-order valence-corrected chi connectivity index (χ2v) is 5.72. The number of furan rings is 1. The normalized spacial score (nSPS) is 12.1. The first-order valence-electron chi connectivity index (χ1n) is 7.89. The van der Waals surface area contributed by atoms with Gasteiger partial charge in [-0.1, -0.05) is 6.07 Å². The van der Waals surface area contributed by atoms with E-state index in [2.05, 4.69) is 15.2 Å². The van der Waals surface area contributed by atoms with Crippen LogP contribution in [0.4, 0.5) is 0 Å². The number of hydrogen-bond donors (Lipinski definition) is 1. The van der Waals surface area contributed by atoms with E-state index in [1.54, 1.807) is 31.3 Å². The number of nitrogens with zero attached hydrogens (tertiary/aromatic N) is 3. The molecule has 0 saturated heterocycles. The summed E-state index contributed by atoms with van der Waals surface area (Å²) in [6.07, 6.45) is 1.70. The maximum absolute atomic E-state index is 12.8. The van der Waals surface area contributed by atoms with Gasteiger partial charge in [-0.3, -0.25) is 14.9 Å². The largest absolute Gasteiger partial charge is 0.460 e. The number of pyridine rings is 1. The zero-order valence-corrected chi connectivity index (χ0v) is 14.4. The quantitative estimate of drug-likeness (QED) is 0.746. The molecule has 0 aliphatic heterocycles. The first-order valence-corrected chi connectivity index (χ1v) is 7.89. The molecule has 25 heavy (non-hydrogen) atoms. The van der Waals surface area contributed by atoms with E-state index in [0.717, 1.165) is 11.5 Å². The topological polar surface area (TPSA) is 84.2 Å². The van der Waals surface area contributed by atoms with Crippen molar-refractivity contribution in [2.24, 2.45) is 0 Å². The second-order valence-electron chi connectivity index (χ2n) is 5.72. The smallest absolute Gasteiger partial charge is 0.274 e. The molecule has 1 N–H and O–H groups in total. The van der Waals surface area contributed by atoms with Crippen LogP contribution in [-0.4, -0.2) is 46.8 Å². The summed E-state index contributed by atoms with van der Waals surface area (Å²) in [7, 11) is 3.31. The molecule has 130 valence electrons. The van der Waals surface area contributed by atoms with Gasteiger partial charge in [0.25, 0.3) is 5.91 Å². The SMILES string of the molecule is COC[C@H](c1ccccn1)N(C)C(=O)c1cc(-c2ccc(C)o2)[nH]n1. The number of carbonyl (C=O) groups is 1. The van der Waals surface area contributed by atoms with Crippen molar-refractivity contribution < 1.29 is 13.9 Å². The zero-order chi connectivity index (χ0) is 17.8. The van der Waals surface area contributed by atoms with Crippen molar-refractivity contribution in [3.63, 3.8) is 0 Å². The van der Waals surface area contributed by atoms with Gasteiger partial charge in [-0.15, -0.1) is 0 Å². The van der Waals surface area contributed by atoms with E-state index in [4.69, 9.17) is 9.15 Å². The Hall–Kier alpha value is -2.93. The van der Waals surface area contributed by atoms with Crippen LogP contribution in [-0.2, 0) is 4.74 Å². The molecule has 7 heteroatoms. The molecule has 3 heterocycles. The third-order valence-corrected chi connectivity index (χ3v) is 3.94. The highest BCUT2D eigenvalue weighted by atomic mass is 16.5. The van der Waals surface area contributed by atoms with E-state index >= 15 is 0 Å². The van der Waals surface area contributed by atoms with Crippen molar-refractivity contribution in [2.45, 2.75) is 13.0 Å². The molecule has 1 amide bonds. The molecule has 0 aliphatic carbocycles. The molecule has 0 spiro atoms. The highest BCUT2D eigenvalue weighted by molar-refractivity contribution is 5.93. The lowest BCUT2D eigenvalue weighted by Crippen LogP contribution is -2.34. The molecule has 0 aliphatic rings. The average molecular weight is 340 g/mol. The van der Waals surface area contributed by atoms with E-state index in [-0.39, 0.29) is 11.9 Å². The lowest BCUT2D eigenvalue weighted by atomic mass is 10.1. The summed E-state index contributed by atoms with van der Waals surface area (Å²) in [6.45, 7) is 2.20. The van der Waals surface area contributed by atoms with Gasteiger partial charge in [-0.05, 0) is 31.2 Å². The highest BCUT2D eigenvalue weighted by Gasteiger charge is 2.25. The Morgan fingerprint density at radius 2 is 2.20 bits per heavy atom. The first-order chi connectivity index (χ1) is 12.1. The molecule has 0 unspecified atom stereocenters. The van der Waals surface area contributed by atoms with Crippen molar-refractivity contribution in [1.82, 2.24) is 20.1 Å². The predicted octanol–water partition coefficient (Wildman–Crippen LogP) is 2.83. The van der Waals surface area contributed by atoms with Gasteiger partial charge in [-0.25, -0.2) is 0 Å². The molecule has 0 saturated carbocycles. The van der Waals surface area contributed by atoms with E-state index < -0.39 is 0 Å². The van der Waals surface area contributed by atoms with Crippen LogP contribution in [0.15, 0.2) is 47.0 Å². The molecule has 0 bridgehead atoms. The minimum absolute atomic E-state index is 0.224. The summed E-state index contributed by atoms with van der Waals surface area (Å²) < 4.78 is 10.8. The summed E-state index contributed by atoms with van der Waals surface area (Å²) in [6, 6.07) is 10.7. The number of H-pyrrole nitrogens is 1. The monoisotopic (exact) mass is 340 g/mol. The number of rotatable bonds is 6. The van der Waals surface area contributed by atoms with Crippen molar-refractivity contribution in [2.75, 3.05) is 20.8 Å². The molecular formula is C18H20N4O3. The summed E-state index contributed by atoms with van der Waals surface area (Å²) in [5, 5.41) is 6.97.